The maximum absolute atomic E-state index is 12.0. The Morgan fingerprint density at radius 2 is 2.35 bits per heavy atom. The maximum atomic E-state index is 12.0. The monoisotopic (exact) mass is 272 g/mol. The first kappa shape index (κ1) is 13.2. The lowest BCUT2D eigenvalue weighted by Crippen LogP contribution is -2.33. The molecule has 1 aliphatic heterocycles. The molecule has 0 aliphatic carbocycles. The molecule has 1 saturated heterocycles. The van der Waals surface area contributed by atoms with Gasteiger partial charge in [-0.15, -0.1) is 0 Å². The molecule has 2 atom stereocenters. The molecule has 0 spiro atoms. The second-order valence-corrected chi connectivity index (χ2v) is 5.47. The minimum atomic E-state index is -0.101. The minimum Gasteiger partial charge on any atom is -0.459 e. The van der Waals surface area contributed by atoms with Gasteiger partial charge in [0, 0.05) is 17.8 Å². The van der Waals surface area contributed by atoms with Gasteiger partial charge in [-0.05, 0) is 38.4 Å². The van der Waals surface area contributed by atoms with Crippen molar-refractivity contribution in [2.24, 2.45) is 0 Å². The van der Waals surface area contributed by atoms with Gasteiger partial charge in [0.25, 0.3) is 0 Å². The quantitative estimate of drug-likeness (QED) is 0.900. The van der Waals surface area contributed by atoms with Crippen molar-refractivity contribution in [3.05, 3.63) is 36.1 Å². The molecule has 1 aliphatic rings. The fraction of sp³-hybridized carbons (Fsp3) is 0.438. The van der Waals surface area contributed by atoms with Crippen LogP contribution in [-0.2, 0) is 4.79 Å². The highest BCUT2D eigenvalue weighted by Crippen LogP contribution is 2.23. The Hall–Kier alpha value is -1.81. The summed E-state index contributed by atoms with van der Waals surface area (Å²) in [5.41, 5.74) is 0.862. The molecule has 2 heterocycles. The molecular weight excluding hydrogens is 252 g/mol. The van der Waals surface area contributed by atoms with Crippen molar-refractivity contribution in [1.82, 2.24) is 10.6 Å². The first-order valence-electron chi connectivity index (χ1n) is 7.23. The Bertz CT molecular complexity index is 566. The molecule has 0 saturated carbocycles. The van der Waals surface area contributed by atoms with E-state index in [4.69, 9.17) is 4.42 Å². The zero-order valence-electron chi connectivity index (χ0n) is 11.7. The first-order chi connectivity index (χ1) is 9.72. The van der Waals surface area contributed by atoms with Crippen LogP contribution in [0.5, 0.6) is 0 Å². The number of hydrogen-bond acceptors (Lipinski definition) is 3. The molecule has 4 heteroatoms. The Morgan fingerprint density at radius 1 is 1.50 bits per heavy atom. The zero-order valence-corrected chi connectivity index (χ0v) is 11.7. The van der Waals surface area contributed by atoms with Gasteiger partial charge in [0.15, 0.2) is 0 Å². The maximum Gasteiger partial charge on any atom is 0.222 e. The van der Waals surface area contributed by atoms with Gasteiger partial charge in [-0.3, -0.25) is 4.79 Å². The summed E-state index contributed by atoms with van der Waals surface area (Å²) in [6.45, 7) is 2.98. The van der Waals surface area contributed by atoms with Gasteiger partial charge >= 0.3 is 0 Å². The Morgan fingerprint density at radius 3 is 3.10 bits per heavy atom. The lowest BCUT2D eigenvalue weighted by atomic mass is 10.1. The molecule has 106 valence electrons. The third kappa shape index (κ3) is 2.85. The third-order valence-electron chi connectivity index (χ3n) is 3.84. The van der Waals surface area contributed by atoms with Crippen molar-refractivity contribution in [3.63, 3.8) is 0 Å². The van der Waals surface area contributed by atoms with Crippen LogP contribution in [-0.4, -0.2) is 18.5 Å². The van der Waals surface area contributed by atoms with Gasteiger partial charge in [-0.25, -0.2) is 0 Å². The molecule has 0 bridgehead atoms. The third-order valence-corrected chi connectivity index (χ3v) is 3.84. The van der Waals surface area contributed by atoms with E-state index in [1.165, 1.54) is 0 Å². The van der Waals surface area contributed by atoms with Gasteiger partial charge in [0.05, 0.1) is 6.04 Å². The lowest BCUT2D eigenvalue weighted by Gasteiger charge is -2.14. The number of carbonyl (C=O) groups is 1. The molecule has 1 aromatic carbocycles. The van der Waals surface area contributed by atoms with Crippen LogP contribution in [0.15, 0.2) is 34.7 Å². The normalized spacial score (nSPS) is 20.1. The Balaban J connectivity index is 1.62. The van der Waals surface area contributed by atoms with E-state index in [1.807, 2.05) is 37.3 Å². The number of rotatable bonds is 4. The molecule has 4 nitrogen and oxygen atoms in total. The van der Waals surface area contributed by atoms with Crippen molar-refractivity contribution in [2.45, 2.75) is 38.3 Å². The van der Waals surface area contributed by atoms with E-state index in [-0.39, 0.29) is 11.9 Å². The fourth-order valence-electron chi connectivity index (χ4n) is 2.74. The minimum absolute atomic E-state index is 0.0809. The highest BCUT2D eigenvalue weighted by Gasteiger charge is 2.20. The van der Waals surface area contributed by atoms with E-state index in [1.54, 1.807) is 0 Å². The predicted octanol–water partition coefficient (Wildman–Crippen LogP) is 2.75. The summed E-state index contributed by atoms with van der Waals surface area (Å²) < 4.78 is 5.77. The SMILES string of the molecule is CC(NC(=O)CC1CCCN1)c1cc2ccccc2o1. The number of carbonyl (C=O) groups excluding carboxylic acids is 1. The molecule has 2 unspecified atom stereocenters. The predicted molar refractivity (Wildman–Crippen MR) is 78.4 cm³/mol. The topological polar surface area (TPSA) is 54.3 Å². The summed E-state index contributed by atoms with van der Waals surface area (Å²) in [6, 6.07) is 10.1. The number of nitrogens with one attached hydrogen (secondary N) is 2. The molecule has 20 heavy (non-hydrogen) atoms. The van der Waals surface area contributed by atoms with Crippen molar-refractivity contribution < 1.29 is 9.21 Å². The van der Waals surface area contributed by atoms with Crippen molar-refractivity contribution >= 4 is 16.9 Å². The van der Waals surface area contributed by atoms with Crippen LogP contribution >= 0.6 is 0 Å². The molecular formula is C16H20N2O2. The molecule has 2 N–H and O–H groups in total. The Labute approximate surface area is 118 Å². The van der Waals surface area contributed by atoms with Crippen molar-refractivity contribution in [1.29, 1.82) is 0 Å². The number of furan rings is 1. The fourth-order valence-corrected chi connectivity index (χ4v) is 2.74. The van der Waals surface area contributed by atoms with Crippen LogP contribution in [0.25, 0.3) is 11.0 Å². The second kappa shape index (κ2) is 5.67. The van der Waals surface area contributed by atoms with E-state index < -0.39 is 0 Å². The molecule has 1 amide bonds. The van der Waals surface area contributed by atoms with Crippen molar-refractivity contribution in [2.75, 3.05) is 6.54 Å². The van der Waals surface area contributed by atoms with Gasteiger partial charge in [0.1, 0.15) is 11.3 Å². The number of para-hydroxylation sites is 1. The van der Waals surface area contributed by atoms with E-state index in [0.29, 0.717) is 12.5 Å². The van der Waals surface area contributed by atoms with Crippen LogP contribution in [0.2, 0.25) is 0 Å². The lowest BCUT2D eigenvalue weighted by molar-refractivity contribution is -0.122. The van der Waals surface area contributed by atoms with Crippen LogP contribution < -0.4 is 10.6 Å². The van der Waals surface area contributed by atoms with Crippen LogP contribution in [0.3, 0.4) is 0 Å². The standard InChI is InChI=1S/C16H20N2O2/c1-11(18-16(19)10-13-6-4-8-17-13)15-9-12-5-2-3-7-14(12)20-15/h2-3,5,7,9,11,13,17H,4,6,8,10H2,1H3,(H,18,19). The molecule has 2 aromatic rings. The molecule has 0 radical (unpaired) electrons. The number of benzene rings is 1. The summed E-state index contributed by atoms with van der Waals surface area (Å²) in [7, 11) is 0. The van der Waals surface area contributed by atoms with E-state index in [2.05, 4.69) is 10.6 Å². The van der Waals surface area contributed by atoms with E-state index in [9.17, 15) is 4.79 Å². The summed E-state index contributed by atoms with van der Waals surface area (Å²) in [5, 5.41) is 7.42. The van der Waals surface area contributed by atoms with Crippen LogP contribution in [0, 0.1) is 0 Å². The second-order valence-electron chi connectivity index (χ2n) is 5.47. The Kier molecular flexibility index (Phi) is 3.74. The van der Waals surface area contributed by atoms with Gasteiger partial charge < -0.3 is 15.1 Å². The molecule has 3 rings (SSSR count). The summed E-state index contributed by atoms with van der Waals surface area (Å²) in [5.74, 6) is 0.885. The number of amides is 1. The van der Waals surface area contributed by atoms with Gasteiger partial charge in [0.2, 0.25) is 5.91 Å². The first-order valence-corrected chi connectivity index (χ1v) is 7.23. The van der Waals surface area contributed by atoms with Crippen LogP contribution in [0.4, 0.5) is 0 Å². The number of fused-ring (bicyclic) bond motifs is 1. The molecule has 1 aromatic heterocycles. The molecule has 1 fully saturated rings. The summed E-state index contributed by atoms with van der Waals surface area (Å²) in [4.78, 5) is 12.0. The highest BCUT2D eigenvalue weighted by molar-refractivity contribution is 5.79. The summed E-state index contributed by atoms with van der Waals surface area (Å²) >= 11 is 0. The van der Waals surface area contributed by atoms with Crippen molar-refractivity contribution in [3.8, 4) is 0 Å². The highest BCUT2D eigenvalue weighted by atomic mass is 16.3. The average molecular weight is 272 g/mol. The number of hydrogen-bond donors (Lipinski definition) is 2. The van der Waals surface area contributed by atoms with E-state index >= 15 is 0 Å². The zero-order chi connectivity index (χ0) is 13.9. The van der Waals surface area contributed by atoms with Crippen LogP contribution in [0.1, 0.15) is 38.0 Å². The van der Waals surface area contributed by atoms with E-state index in [0.717, 1.165) is 36.1 Å². The van der Waals surface area contributed by atoms with Gasteiger partial charge in [-0.2, -0.15) is 0 Å². The average Bonchev–Trinajstić information content (AvgIpc) is 3.06. The summed E-state index contributed by atoms with van der Waals surface area (Å²) in [6.07, 6.45) is 2.80. The van der Waals surface area contributed by atoms with Gasteiger partial charge in [-0.1, -0.05) is 18.2 Å². The largest absolute Gasteiger partial charge is 0.459 e. The smallest absolute Gasteiger partial charge is 0.222 e.